The van der Waals surface area contributed by atoms with Gasteiger partial charge in [-0.25, -0.2) is 0 Å². The second kappa shape index (κ2) is 7.13. The van der Waals surface area contributed by atoms with E-state index in [1.165, 1.54) is 19.8 Å². The van der Waals surface area contributed by atoms with Gasteiger partial charge in [0.2, 0.25) is 5.75 Å². The molecule has 0 atom stereocenters. The summed E-state index contributed by atoms with van der Waals surface area (Å²) in [6.45, 7) is 2.11. The van der Waals surface area contributed by atoms with E-state index in [9.17, 15) is 0 Å². The predicted octanol–water partition coefficient (Wildman–Crippen LogP) is 2.72. The Balaban J connectivity index is 3.06. The largest absolute Gasteiger partial charge is 0.493 e. The smallest absolute Gasteiger partial charge is 0.203 e. The van der Waals surface area contributed by atoms with Crippen molar-refractivity contribution >= 4 is 11.6 Å². The highest BCUT2D eigenvalue weighted by molar-refractivity contribution is 6.25. The number of ether oxygens (including phenoxy) is 3. The van der Waals surface area contributed by atoms with Crippen LogP contribution in [0.2, 0.25) is 0 Å². The summed E-state index contributed by atoms with van der Waals surface area (Å²) in [6, 6.07) is 3.41. The van der Waals surface area contributed by atoms with Gasteiger partial charge in [0.05, 0.1) is 20.8 Å². The minimum Gasteiger partial charge on any atom is -0.493 e. The first-order valence-electron chi connectivity index (χ1n) is 5.40. The van der Waals surface area contributed by atoms with Crippen LogP contribution in [0.3, 0.4) is 0 Å². The number of rotatable bonds is 6. The molecule has 18 heavy (non-hydrogen) atoms. The Labute approximate surface area is 112 Å². The molecular weight excluding hydrogens is 256 g/mol. The molecule has 0 heterocycles. The van der Waals surface area contributed by atoms with Crippen molar-refractivity contribution in [2.24, 2.45) is 0 Å². The van der Waals surface area contributed by atoms with Crippen molar-refractivity contribution in [3.63, 3.8) is 0 Å². The van der Waals surface area contributed by atoms with E-state index in [2.05, 4.69) is 0 Å². The summed E-state index contributed by atoms with van der Waals surface area (Å²) in [6.07, 6.45) is 0. The number of methoxy groups -OCH3 is 2. The molecule has 0 fully saturated rings. The lowest BCUT2D eigenvalue weighted by atomic mass is 10.2. The molecule has 0 aromatic heterocycles. The van der Waals surface area contributed by atoms with E-state index in [0.717, 1.165) is 5.57 Å². The zero-order valence-corrected chi connectivity index (χ0v) is 11.5. The first kappa shape index (κ1) is 14.7. The summed E-state index contributed by atoms with van der Waals surface area (Å²) >= 11 is 5.58. The first-order valence-corrected chi connectivity index (χ1v) is 5.84. The molecule has 1 rings (SSSR count). The third kappa shape index (κ3) is 3.55. The van der Waals surface area contributed by atoms with Crippen LogP contribution in [0.15, 0.2) is 23.2 Å². The van der Waals surface area contributed by atoms with Crippen LogP contribution in [0, 0.1) is 0 Å². The molecular formula is C13H17ClO4. The summed E-state index contributed by atoms with van der Waals surface area (Å²) in [4.78, 5) is 0. The Morgan fingerprint density at radius 1 is 1.28 bits per heavy atom. The zero-order valence-electron chi connectivity index (χ0n) is 10.7. The van der Waals surface area contributed by atoms with Gasteiger partial charge < -0.3 is 19.3 Å². The Morgan fingerprint density at radius 2 is 1.83 bits per heavy atom. The molecule has 0 spiro atoms. The summed E-state index contributed by atoms with van der Waals surface area (Å²) in [5.74, 6) is 1.52. The highest BCUT2D eigenvalue weighted by Crippen LogP contribution is 2.38. The van der Waals surface area contributed by atoms with E-state index >= 15 is 0 Å². The molecule has 1 aromatic rings. The monoisotopic (exact) mass is 272 g/mol. The van der Waals surface area contributed by atoms with Gasteiger partial charge in [0, 0.05) is 5.54 Å². The maximum absolute atomic E-state index is 9.15. The zero-order chi connectivity index (χ0) is 13.5. The van der Waals surface area contributed by atoms with Crippen LogP contribution >= 0.6 is 11.6 Å². The second-order valence-corrected chi connectivity index (χ2v) is 3.95. The Kier molecular flexibility index (Phi) is 5.82. The lowest BCUT2D eigenvalue weighted by Gasteiger charge is -2.15. The van der Waals surface area contributed by atoms with Crippen molar-refractivity contribution in [2.75, 3.05) is 20.8 Å². The quantitative estimate of drug-likeness (QED) is 0.865. The van der Waals surface area contributed by atoms with Crippen LogP contribution < -0.4 is 14.2 Å². The molecule has 0 amide bonds. The normalized spacial score (nSPS) is 11.3. The highest BCUT2D eigenvalue weighted by Gasteiger charge is 2.14. The molecule has 1 aromatic carbocycles. The molecule has 0 bridgehead atoms. The number of aliphatic hydroxyl groups excluding tert-OH is 1. The fourth-order valence-electron chi connectivity index (χ4n) is 1.39. The Bertz CT molecular complexity index is 404. The van der Waals surface area contributed by atoms with Crippen molar-refractivity contribution in [1.29, 1.82) is 0 Å². The summed E-state index contributed by atoms with van der Waals surface area (Å²) in [5.41, 5.74) is 3.04. The topological polar surface area (TPSA) is 47.9 Å². The van der Waals surface area contributed by atoms with E-state index in [1.807, 2.05) is 6.92 Å². The van der Waals surface area contributed by atoms with Crippen LogP contribution in [-0.4, -0.2) is 25.9 Å². The SMILES string of the molecule is COc1cc(CO)cc(OC)c1OC/C(C)=C/Cl. The number of benzene rings is 1. The number of hydrogen-bond donors (Lipinski definition) is 1. The van der Waals surface area contributed by atoms with E-state index in [4.69, 9.17) is 30.9 Å². The molecule has 4 nitrogen and oxygen atoms in total. The van der Waals surface area contributed by atoms with Gasteiger partial charge in [0.1, 0.15) is 6.61 Å². The fourth-order valence-corrected chi connectivity index (χ4v) is 1.45. The fraction of sp³-hybridized carbons (Fsp3) is 0.385. The Morgan fingerprint density at radius 3 is 2.22 bits per heavy atom. The van der Waals surface area contributed by atoms with Crippen LogP contribution in [0.5, 0.6) is 17.2 Å². The number of aliphatic hydroxyl groups is 1. The maximum Gasteiger partial charge on any atom is 0.203 e. The van der Waals surface area contributed by atoms with Crippen LogP contribution in [-0.2, 0) is 6.61 Å². The molecule has 0 saturated carbocycles. The van der Waals surface area contributed by atoms with Crippen molar-refractivity contribution in [3.05, 3.63) is 28.8 Å². The minimum absolute atomic E-state index is 0.0897. The molecule has 0 aliphatic carbocycles. The first-order chi connectivity index (χ1) is 8.65. The number of hydrogen-bond acceptors (Lipinski definition) is 4. The molecule has 0 radical (unpaired) electrons. The van der Waals surface area contributed by atoms with Crippen LogP contribution in [0.25, 0.3) is 0 Å². The van der Waals surface area contributed by atoms with Crippen molar-refractivity contribution < 1.29 is 19.3 Å². The second-order valence-electron chi connectivity index (χ2n) is 3.73. The predicted molar refractivity (Wildman–Crippen MR) is 70.6 cm³/mol. The molecule has 1 N–H and O–H groups in total. The van der Waals surface area contributed by atoms with E-state index in [1.54, 1.807) is 12.1 Å². The van der Waals surface area contributed by atoms with Crippen molar-refractivity contribution in [1.82, 2.24) is 0 Å². The van der Waals surface area contributed by atoms with Gasteiger partial charge in [-0.15, -0.1) is 0 Å². The summed E-state index contributed by atoms with van der Waals surface area (Å²) in [7, 11) is 3.07. The molecule has 0 aliphatic rings. The standard InChI is InChI=1S/C13H17ClO4/c1-9(6-14)8-18-13-11(16-2)4-10(7-15)5-12(13)17-3/h4-6,15H,7-8H2,1-3H3/b9-6+. The molecule has 0 unspecified atom stereocenters. The number of halogens is 1. The van der Waals surface area contributed by atoms with Crippen LogP contribution in [0.1, 0.15) is 12.5 Å². The molecule has 5 heteroatoms. The average Bonchev–Trinajstić information content (AvgIpc) is 2.43. The third-order valence-corrected chi connectivity index (χ3v) is 2.71. The lowest BCUT2D eigenvalue weighted by Crippen LogP contribution is -2.03. The van der Waals surface area contributed by atoms with Gasteiger partial charge in [0.25, 0.3) is 0 Å². The summed E-state index contributed by atoms with van der Waals surface area (Å²) < 4.78 is 16.1. The van der Waals surface area contributed by atoms with Gasteiger partial charge in [-0.2, -0.15) is 0 Å². The van der Waals surface area contributed by atoms with Gasteiger partial charge in [-0.3, -0.25) is 0 Å². The molecule has 0 aliphatic heterocycles. The average molecular weight is 273 g/mol. The third-order valence-electron chi connectivity index (χ3n) is 2.33. The van der Waals surface area contributed by atoms with Gasteiger partial charge in [-0.05, 0) is 30.2 Å². The maximum atomic E-state index is 9.15. The molecule has 0 saturated heterocycles. The Hall–Kier alpha value is -1.39. The highest BCUT2D eigenvalue weighted by atomic mass is 35.5. The van der Waals surface area contributed by atoms with E-state index in [0.29, 0.717) is 29.4 Å². The molecule has 100 valence electrons. The minimum atomic E-state index is -0.0897. The van der Waals surface area contributed by atoms with Gasteiger partial charge >= 0.3 is 0 Å². The summed E-state index contributed by atoms with van der Waals surface area (Å²) in [5, 5.41) is 9.15. The van der Waals surface area contributed by atoms with Crippen LogP contribution in [0.4, 0.5) is 0 Å². The lowest BCUT2D eigenvalue weighted by molar-refractivity contribution is 0.274. The van der Waals surface area contributed by atoms with Gasteiger partial charge in [-0.1, -0.05) is 11.6 Å². The van der Waals surface area contributed by atoms with E-state index < -0.39 is 0 Å². The van der Waals surface area contributed by atoms with E-state index in [-0.39, 0.29) is 6.61 Å². The van der Waals surface area contributed by atoms with Gasteiger partial charge in [0.15, 0.2) is 11.5 Å². The van der Waals surface area contributed by atoms with Crippen molar-refractivity contribution in [2.45, 2.75) is 13.5 Å². The van der Waals surface area contributed by atoms with Crippen molar-refractivity contribution in [3.8, 4) is 17.2 Å².